The fraction of sp³-hybridized carbons (Fsp3) is 0.857. The second kappa shape index (κ2) is 5.06. The van der Waals surface area contributed by atoms with Crippen LogP contribution in [0.4, 0.5) is 13.2 Å². The van der Waals surface area contributed by atoms with Crippen molar-refractivity contribution in [2.24, 2.45) is 0 Å². The molecule has 0 rings (SSSR count). The maximum absolute atomic E-state index is 11.6. The highest BCUT2D eigenvalue weighted by molar-refractivity contribution is 5.81. The van der Waals surface area contributed by atoms with E-state index in [4.69, 9.17) is 0 Å². The molecule has 0 spiro atoms. The number of halogens is 3. The van der Waals surface area contributed by atoms with Gasteiger partial charge in [0.1, 0.15) is 0 Å². The van der Waals surface area contributed by atoms with E-state index in [9.17, 15) is 18.0 Å². The van der Waals surface area contributed by atoms with Gasteiger partial charge in [-0.2, -0.15) is 13.2 Å². The van der Waals surface area contributed by atoms with Gasteiger partial charge in [0.15, 0.2) is 0 Å². The number of rotatable bonds is 4. The summed E-state index contributed by atoms with van der Waals surface area (Å²) in [7, 11) is 1.56. The van der Waals surface area contributed by atoms with Crippen molar-refractivity contribution in [3.8, 4) is 0 Å². The van der Waals surface area contributed by atoms with Crippen molar-refractivity contribution in [2.45, 2.75) is 25.6 Å². The summed E-state index contributed by atoms with van der Waals surface area (Å²) in [6.07, 6.45) is -5.20. The van der Waals surface area contributed by atoms with Crippen molar-refractivity contribution in [1.29, 1.82) is 0 Å². The zero-order valence-electron chi connectivity index (χ0n) is 7.53. The molecule has 0 radical (unpaired) electrons. The number of amides is 1. The first-order valence-electron chi connectivity index (χ1n) is 3.88. The van der Waals surface area contributed by atoms with Gasteiger partial charge in [-0.25, -0.2) is 0 Å². The summed E-state index contributed by atoms with van der Waals surface area (Å²) in [6.45, 7) is 1.21. The van der Waals surface area contributed by atoms with Crippen LogP contribution in [0.3, 0.4) is 0 Å². The standard InChI is InChI=1S/C7H13F3N2O/c1-5(11-2)6(13)12-4-3-7(8,9)10/h5,11H,3-4H2,1-2H3,(H,12,13). The Morgan fingerprint density at radius 2 is 2.00 bits per heavy atom. The minimum absolute atomic E-state index is 0.367. The molecule has 3 nitrogen and oxygen atoms in total. The van der Waals surface area contributed by atoms with Crippen LogP contribution >= 0.6 is 0 Å². The van der Waals surface area contributed by atoms with Crippen LogP contribution in [0.1, 0.15) is 13.3 Å². The van der Waals surface area contributed by atoms with Crippen molar-refractivity contribution in [1.82, 2.24) is 10.6 Å². The van der Waals surface area contributed by atoms with Gasteiger partial charge in [-0.15, -0.1) is 0 Å². The van der Waals surface area contributed by atoms with Gasteiger partial charge in [0.05, 0.1) is 12.5 Å². The Hall–Kier alpha value is -0.780. The van der Waals surface area contributed by atoms with E-state index in [1.54, 1.807) is 14.0 Å². The van der Waals surface area contributed by atoms with E-state index >= 15 is 0 Å². The molecular formula is C7H13F3N2O. The Morgan fingerprint density at radius 3 is 2.38 bits per heavy atom. The lowest BCUT2D eigenvalue weighted by atomic mass is 10.3. The fourth-order valence-electron chi connectivity index (χ4n) is 0.612. The third-order valence-electron chi connectivity index (χ3n) is 1.53. The molecule has 1 atom stereocenters. The van der Waals surface area contributed by atoms with Gasteiger partial charge in [0.2, 0.25) is 5.91 Å². The lowest BCUT2D eigenvalue weighted by Crippen LogP contribution is -2.41. The molecule has 1 amide bonds. The summed E-state index contributed by atoms with van der Waals surface area (Å²) in [4.78, 5) is 10.9. The highest BCUT2D eigenvalue weighted by atomic mass is 19.4. The van der Waals surface area contributed by atoms with Crippen LogP contribution in [0.25, 0.3) is 0 Å². The zero-order valence-corrected chi connectivity index (χ0v) is 7.53. The first-order chi connectivity index (χ1) is 5.87. The summed E-state index contributed by atoms with van der Waals surface area (Å²) in [5, 5.41) is 4.79. The lowest BCUT2D eigenvalue weighted by molar-refractivity contribution is -0.135. The number of hydrogen-bond donors (Lipinski definition) is 2. The summed E-state index contributed by atoms with van der Waals surface area (Å²) in [5.41, 5.74) is 0. The molecule has 2 N–H and O–H groups in total. The van der Waals surface area contributed by atoms with Gasteiger partial charge in [-0.3, -0.25) is 4.79 Å². The SMILES string of the molecule is CNC(C)C(=O)NCCC(F)(F)F. The van der Waals surface area contributed by atoms with Crippen molar-refractivity contribution >= 4 is 5.91 Å². The molecule has 0 aromatic carbocycles. The molecule has 1 unspecified atom stereocenters. The maximum atomic E-state index is 11.6. The van der Waals surface area contributed by atoms with E-state index in [1.807, 2.05) is 0 Å². The molecule has 0 bridgehead atoms. The second-order valence-electron chi connectivity index (χ2n) is 2.67. The summed E-state index contributed by atoms with van der Waals surface area (Å²) in [6, 6.07) is -0.465. The quantitative estimate of drug-likeness (QED) is 0.696. The van der Waals surface area contributed by atoms with Crippen LogP contribution in [-0.4, -0.2) is 31.7 Å². The number of carbonyl (C=O) groups is 1. The molecule has 0 aromatic rings. The maximum Gasteiger partial charge on any atom is 0.390 e. The van der Waals surface area contributed by atoms with E-state index in [2.05, 4.69) is 10.6 Å². The minimum Gasteiger partial charge on any atom is -0.354 e. The molecule has 0 heterocycles. The van der Waals surface area contributed by atoms with Gasteiger partial charge < -0.3 is 10.6 Å². The number of carbonyl (C=O) groups excluding carboxylic acids is 1. The van der Waals surface area contributed by atoms with Crippen molar-refractivity contribution < 1.29 is 18.0 Å². The fourth-order valence-corrected chi connectivity index (χ4v) is 0.612. The van der Waals surface area contributed by atoms with Crippen molar-refractivity contribution in [3.05, 3.63) is 0 Å². The van der Waals surface area contributed by atoms with Crippen molar-refractivity contribution in [3.63, 3.8) is 0 Å². The molecule has 0 saturated carbocycles. The van der Waals surface area contributed by atoms with Crippen LogP contribution in [0.15, 0.2) is 0 Å². The molecule has 78 valence electrons. The highest BCUT2D eigenvalue weighted by Crippen LogP contribution is 2.17. The van der Waals surface area contributed by atoms with Crippen LogP contribution in [0, 0.1) is 0 Å². The number of nitrogens with one attached hydrogen (secondary N) is 2. The Balaban J connectivity index is 3.60. The molecule has 13 heavy (non-hydrogen) atoms. The van der Waals surface area contributed by atoms with Crippen LogP contribution < -0.4 is 10.6 Å². The second-order valence-corrected chi connectivity index (χ2v) is 2.67. The lowest BCUT2D eigenvalue weighted by Gasteiger charge is -2.11. The monoisotopic (exact) mass is 198 g/mol. The average molecular weight is 198 g/mol. The first-order valence-corrected chi connectivity index (χ1v) is 3.88. The highest BCUT2D eigenvalue weighted by Gasteiger charge is 2.26. The Bertz CT molecular complexity index is 170. The van der Waals surface area contributed by atoms with Gasteiger partial charge in [0.25, 0.3) is 0 Å². The number of hydrogen-bond acceptors (Lipinski definition) is 2. The van der Waals surface area contributed by atoms with Gasteiger partial charge in [-0.1, -0.05) is 0 Å². The summed E-state index contributed by atoms with van der Waals surface area (Å²) < 4.78 is 34.9. The predicted octanol–water partition coefficient (Wildman–Crippen LogP) is 0.663. The predicted molar refractivity (Wildman–Crippen MR) is 42.2 cm³/mol. The number of alkyl halides is 3. The Morgan fingerprint density at radius 1 is 1.46 bits per heavy atom. The van der Waals surface area contributed by atoms with E-state index in [0.29, 0.717) is 0 Å². The summed E-state index contributed by atoms with van der Waals surface area (Å²) in [5.74, 6) is -0.424. The van der Waals surface area contributed by atoms with E-state index < -0.39 is 24.5 Å². The molecule has 0 aliphatic heterocycles. The minimum atomic E-state index is -4.21. The topological polar surface area (TPSA) is 41.1 Å². The van der Waals surface area contributed by atoms with Gasteiger partial charge in [0, 0.05) is 6.54 Å². The zero-order chi connectivity index (χ0) is 10.5. The third kappa shape index (κ3) is 6.39. The van der Waals surface area contributed by atoms with Gasteiger partial charge >= 0.3 is 6.18 Å². The average Bonchev–Trinajstić information content (AvgIpc) is 2.00. The normalized spacial score (nSPS) is 13.9. The van der Waals surface area contributed by atoms with Crippen LogP contribution in [0.2, 0.25) is 0 Å². The Kier molecular flexibility index (Phi) is 4.76. The van der Waals surface area contributed by atoms with E-state index in [0.717, 1.165) is 0 Å². The molecule has 0 fully saturated rings. The molecule has 0 aliphatic rings. The van der Waals surface area contributed by atoms with Crippen molar-refractivity contribution in [2.75, 3.05) is 13.6 Å². The van der Waals surface area contributed by atoms with Gasteiger partial charge in [-0.05, 0) is 14.0 Å². The van der Waals surface area contributed by atoms with E-state index in [-0.39, 0.29) is 6.54 Å². The number of likely N-dealkylation sites (N-methyl/N-ethyl adjacent to an activating group) is 1. The van der Waals surface area contributed by atoms with Crippen LogP contribution in [-0.2, 0) is 4.79 Å². The summed E-state index contributed by atoms with van der Waals surface area (Å²) >= 11 is 0. The molecular weight excluding hydrogens is 185 g/mol. The van der Waals surface area contributed by atoms with E-state index in [1.165, 1.54) is 0 Å². The third-order valence-corrected chi connectivity index (χ3v) is 1.53. The molecule has 0 saturated heterocycles. The smallest absolute Gasteiger partial charge is 0.354 e. The molecule has 0 aromatic heterocycles. The Labute approximate surface area is 74.7 Å². The molecule has 0 aliphatic carbocycles. The molecule has 6 heteroatoms. The largest absolute Gasteiger partial charge is 0.390 e. The van der Waals surface area contributed by atoms with Crippen LogP contribution in [0.5, 0.6) is 0 Å². The first kappa shape index (κ1) is 12.2.